The van der Waals surface area contributed by atoms with Gasteiger partial charge in [-0.05, 0) is 24.3 Å². The van der Waals surface area contributed by atoms with Gasteiger partial charge in [-0.25, -0.2) is 0 Å². The van der Waals surface area contributed by atoms with Gasteiger partial charge in [0.1, 0.15) is 11.5 Å². The van der Waals surface area contributed by atoms with E-state index < -0.39 is 0 Å². The first-order valence-electron chi connectivity index (χ1n) is 8.85. The Morgan fingerprint density at radius 2 is 1.85 bits per heavy atom. The third-order valence-electron chi connectivity index (χ3n) is 4.68. The number of methoxy groups -OCH3 is 2. The molecule has 138 valence electrons. The molecule has 0 aromatic heterocycles. The smallest absolute Gasteiger partial charge is 0.279 e. The molecule has 0 radical (unpaired) electrons. The van der Waals surface area contributed by atoms with Gasteiger partial charge in [-0.3, -0.25) is 4.79 Å². The molecule has 0 saturated carbocycles. The van der Waals surface area contributed by atoms with Gasteiger partial charge >= 0.3 is 0 Å². The predicted octanol–water partition coefficient (Wildman–Crippen LogP) is 1.05. The molecular weight excluding hydrogens is 330 g/mol. The SMILES string of the molecule is COc1cccc(N2CC[NH+](CC(=O)Nc3ccccc3OC)CC2)c1. The Balaban J connectivity index is 1.51. The molecule has 6 nitrogen and oxygen atoms in total. The average molecular weight is 356 g/mol. The van der Waals surface area contributed by atoms with Gasteiger partial charge in [-0.1, -0.05) is 18.2 Å². The quantitative estimate of drug-likeness (QED) is 0.812. The standard InChI is InChI=1S/C20H25N3O3/c1-25-17-7-5-6-16(14-17)23-12-10-22(11-13-23)15-20(24)21-18-8-3-4-9-19(18)26-2/h3-9,14H,10-13,15H2,1-2H3,(H,21,24)/p+1. The van der Waals surface area contributed by atoms with E-state index in [1.54, 1.807) is 14.2 Å². The molecule has 1 fully saturated rings. The van der Waals surface area contributed by atoms with E-state index in [0.29, 0.717) is 12.3 Å². The Kier molecular flexibility index (Phi) is 5.96. The minimum atomic E-state index is 0.0133. The maximum Gasteiger partial charge on any atom is 0.279 e. The Labute approximate surface area is 154 Å². The van der Waals surface area contributed by atoms with Crippen LogP contribution in [0.4, 0.5) is 11.4 Å². The minimum Gasteiger partial charge on any atom is -0.497 e. The van der Waals surface area contributed by atoms with Gasteiger partial charge < -0.3 is 24.6 Å². The Morgan fingerprint density at radius 1 is 1.08 bits per heavy atom. The molecule has 26 heavy (non-hydrogen) atoms. The summed E-state index contributed by atoms with van der Waals surface area (Å²) in [6.07, 6.45) is 0. The maximum atomic E-state index is 12.4. The molecule has 0 spiro atoms. The summed E-state index contributed by atoms with van der Waals surface area (Å²) in [7, 11) is 3.29. The molecule has 1 saturated heterocycles. The molecule has 3 rings (SSSR count). The van der Waals surface area contributed by atoms with Crippen molar-refractivity contribution in [1.82, 2.24) is 0 Å². The number of anilines is 2. The molecule has 6 heteroatoms. The predicted molar refractivity (Wildman–Crippen MR) is 102 cm³/mol. The summed E-state index contributed by atoms with van der Waals surface area (Å²) in [4.78, 5) is 16.0. The number of para-hydroxylation sites is 2. The van der Waals surface area contributed by atoms with Crippen molar-refractivity contribution in [3.05, 3.63) is 48.5 Å². The van der Waals surface area contributed by atoms with Crippen LogP contribution >= 0.6 is 0 Å². The molecule has 1 amide bonds. The van der Waals surface area contributed by atoms with Gasteiger partial charge in [-0.15, -0.1) is 0 Å². The fourth-order valence-electron chi connectivity index (χ4n) is 3.23. The summed E-state index contributed by atoms with van der Waals surface area (Å²) in [5.74, 6) is 1.56. The summed E-state index contributed by atoms with van der Waals surface area (Å²) in [5, 5.41) is 2.95. The summed E-state index contributed by atoms with van der Waals surface area (Å²) < 4.78 is 10.6. The monoisotopic (exact) mass is 356 g/mol. The number of nitrogens with zero attached hydrogens (tertiary/aromatic N) is 1. The molecule has 1 aliphatic rings. The number of amides is 1. The van der Waals surface area contributed by atoms with E-state index in [0.717, 1.165) is 37.6 Å². The van der Waals surface area contributed by atoms with E-state index in [-0.39, 0.29) is 5.91 Å². The second-order valence-electron chi connectivity index (χ2n) is 6.36. The zero-order chi connectivity index (χ0) is 18.4. The van der Waals surface area contributed by atoms with Crippen LogP contribution in [0.25, 0.3) is 0 Å². The van der Waals surface area contributed by atoms with E-state index in [1.807, 2.05) is 36.4 Å². The Bertz CT molecular complexity index is 743. The number of carbonyl (C=O) groups is 1. The van der Waals surface area contributed by atoms with Gasteiger partial charge in [0.05, 0.1) is 46.1 Å². The van der Waals surface area contributed by atoms with Crippen molar-refractivity contribution in [3.8, 4) is 11.5 Å². The normalized spacial score (nSPS) is 14.8. The number of carbonyl (C=O) groups excluding carboxylic acids is 1. The number of piperazine rings is 1. The molecule has 0 unspecified atom stereocenters. The number of benzene rings is 2. The molecule has 0 aliphatic carbocycles. The fourth-order valence-corrected chi connectivity index (χ4v) is 3.23. The lowest BCUT2D eigenvalue weighted by atomic mass is 10.2. The van der Waals surface area contributed by atoms with Crippen molar-refractivity contribution in [2.45, 2.75) is 0 Å². The van der Waals surface area contributed by atoms with E-state index in [2.05, 4.69) is 22.3 Å². The van der Waals surface area contributed by atoms with Crippen LogP contribution in [0, 0.1) is 0 Å². The van der Waals surface area contributed by atoms with Crippen molar-refractivity contribution in [3.63, 3.8) is 0 Å². The van der Waals surface area contributed by atoms with Crippen LogP contribution in [0.15, 0.2) is 48.5 Å². The summed E-state index contributed by atoms with van der Waals surface area (Å²) in [6.45, 7) is 4.16. The highest BCUT2D eigenvalue weighted by molar-refractivity contribution is 5.92. The van der Waals surface area contributed by atoms with Crippen LogP contribution in [0.3, 0.4) is 0 Å². The minimum absolute atomic E-state index is 0.0133. The number of ether oxygens (including phenoxy) is 2. The summed E-state index contributed by atoms with van der Waals surface area (Å²) >= 11 is 0. The number of quaternary nitrogens is 1. The average Bonchev–Trinajstić information content (AvgIpc) is 2.69. The van der Waals surface area contributed by atoms with Gasteiger partial charge in [0.15, 0.2) is 6.54 Å². The zero-order valence-electron chi connectivity index (χ0n) is 15.3. The van der Waals surface area contributed by atoms with E-state index >= 15 is 0 Å². The van der Waals surface area contributed by atoms with Gasteiger partial charge in [0.2, 0.25) is 0 Å². The first-order valence-corrected chi connectivity index (χ1v) is 8.85. The van der Waals surface area contributed by atoms with Crippen LogP contribution < -0.4 is 24.6 Å². The lowest BCUT2D eigenvalue weighted by Gasteiger charge is -2.33. The molecule has 2 aromatic rings. The Hall–Kier alpha value is -2.73. The highest BCUT2D eigenvalue weighted by Gasteiger charge is 2.23. The van der Waals surface area contributed by atoms with Gasteiger partial charge in [0.25, 0.3) is 5.91 Å². The number of rotatable bonds is 6. The first-order chi connectivity index (χ1) is 12.7. The number of nitrogens with one attached hydrogen (secondary N) is 2. The van der Waals surface area contributed by atoms with Crippen LogP contribution in [0.2, 0.25) is 0 Å². The van der Waals surface area contributed by atoms with Crippen molar-refractivity contribution in [2.75, 3.05) is 57.2 Å². The van der Waals surface area contributed by atoms with Crippen LogP contribution in [0.5, 0.6) is 11.5 Å². The summed E-state index contributed by atoms with van der Waals surface area (Å²) in [5.41, 5.74) is 1.89. The lowest BCUT2D eigenvalue weighted by Crippen LogP contribution is -3.15. The van der Waals surface area contributed by atoms with Gasteiger partial charge in [0, 0.05) is 11.8 Å². The summed E-state index contributed by atoms with van der Waals surface area (Å²) in [6, 6.07) is 15.6. The van der Waals surface area contributed by atoms with Gasteiger partial charge in [-0.2, -0.15) is 0 Å². The fraction of sp³-hybridized carbons (Fsp3) is 0.350. The van der Waals surface area contributed by atoms with E-state index in [4.69, 9.17) is 9.47 Å². The van der Waals surface area contributed by atoms with E-state index in [9.17, 15) is 4.79 Å². The molecule has 1 aliphatic heterocycles. The largest absolute Gasteiger partial charge is 0.497 e. The molecular formula is C20H26N3O3+. The molecule has 0 bridgehead atoms. The van der Waals surface area contributed by atoms with Crippen LogP contribution in [-0.2, 0) is 4.79 Å². The molecule has 2 N–H and O–H groups in total. The van der Waals surface area contributed by atoms with Crippen molar-refractivity contribution in [1.29, 1.82) is 0 Å². The third-order valence-corrected chi connectivity index (χ3v) is 4.68. The second kappa shape index (κ2) is 8.58. The van der Waals surface area contributed by atoms with Crippen molar-refractivity contribution >= 4 is 17.3 Å². The number of hydrogen-bond donors (Lipinski definition) is 2. The third kappa shape index (κ3) is 4.46. The first kappa shape index (κ1) is 18.1. The highest BCUT2D eigenvalue weighted by Crippen LogP contribution is 2.23. The van der Waals surface area contributed by atoms with Crippen LogP contribution in [-0.4, -0.2) is 52.9 Å². The topological polar surface area (TPSA) is 55.2 Å². The lowest BCUT2D eigenvalue weighted by molar-refractivity contribution is -0.892. The molecule has 1 heterocycles. The Morgan fingerprint density at radius 3 is 2.58 bits per heavy atom. The molecule has 2 aromatic carbocycles. The molecule has 0 atom stereocenters. The number of hydrogen-bond acceptors (Lipinski definition) is 4. The second-order valence-corrected chi connectivity index (χ2v) is 6.36. The van der Waals surface area contributed by atoms with E-state index in [1.165, 1.54) is 10.6 Å². The van der Waals surface area contributed by atoms with Crippen molar-refractivity contribution in [2.24, 2.45) is 0 Å². The van der Waals surface area contributed by atoms with Crippen LogP contribution in [0.1, 0.15) is 0 Å². The zero-order valence-corrected chi connectivity index (χ0v) is 15.3. The highest BCUT2D eigenvalue weighted by atomic mass is 16.5. The van der Waals surface area contributed by atoms with Crippen molar-refractivity contribution < 1.29 is 19.2 Å². The maximum absolute atomic E-state index is 12.4.